The summed E-state index contributed by atoms with van der Waals surface area (Å²) in [6.07, 6.45) is 23.2. The van der Waals surface area contributed by atoms with Crippen molar-refractivity contribution in [1.29, 1.82) is 0 Å². The van der Waals surface area contributed by atoms with E-state index in [0.717, 1.165) is 52.0 Å². The number of unbranched alkanes of at least 4 members (excludes halogenated alkanes) is 5. The van der Waals surface area contributed by atoms with Crippen LogP contribution in [0.4, 0.5) is 0 Å². The number of rotatable bonds is 24. The molecule has 0 aromatic carbocycles. The van der Waals surface area contributed by atoms with Crippen LogP contribution in [-0.2, 0) is 14.2 Å². The Morgan fingerprint density at radius 2 is 1.38 bits per heavy atom. The Hall–Kier alpha value is -0.280. The first kappa shape index (κ1) is 40.5. The van der Waals surface area contributed by atoms with Crippen molar-refractivity contribution < 1.29 is 14.2 Å². The molecule has 282 valence electrons. The van der Waals surface area contributed by atoms with E-state index in [1.165, 1.54) is 96.4 Å². The lowest BCUT2D eigenvalue weighted by Crippen LogP contribution is -2.63. The maximum absolute atomic E-state index is 7.03. The van der Waals surface area contributed by atoms with Crippen molar-refractivity contribution >= 4 is 0 Å². The van der Waals surface area contributed by atoms with Crippen LogP contribution in [0.25, 0.3) is 0 Å². The standard InChI is InChI=1S/C41H80N4O3/c1-5-6-7-8-9-10-23-45-24-11-15-31(2)34-16-17-35-39-36(30-38(41(34,35)4)48-27-14-22-44)40(3)19-18-33(46-25-12-20-42)28-32(40)29-37(39)47-26-13-21-43/h31-39,45H,5-30,42-44H2,1-4H3/t31-,32+,33-,34-,35+,36+,37-,38+,39?,40+,41-/m1/s1. The molecule has 11 atom stereocenters. The average Bonchev–Trinajstić information content (AvgIpc) is 3.44. The predicted octanol–water partition coefficient (Wildman–Crippen LogP) is 7.43. The Morgan fingerprint density at radius 1 is 0.708 bits per heavy atom. The SMILES string of the molecule is CCCCCCCCNCCC[C@@H](C)[C@H]1CC[C@H]2C3[C@H](OCCCN)C[C@@H]4C[C@H](OCCCN)CC[C@]4(C)[C@H]3C[C@H](OCCCN)[C@]12C. The molecule has 7 nitrogen and oxygen atoms in total. The smallest absolute Gasteiger partial charge is 0.0637 e. The van der Waals surface area contributed by atoms with Crippen molar-refractivity contribution in [3.05, 3.63) is 0 Å². The van der Waals surface area contributed by atoms with Crippen LogP contribution in [0.3, 0.4) is 0 Å². The van der Waals surface area contributed by atoms with E-state index in [0.29, 0.717) is 78.9 Å². The lowest BCUT2D eigenvalue weighted by atomic mass is 9.43. The van der Waals surface area contributed by atoms with E-state index >= 15 is 0 Å². The van der Waals surface area contributed by atoms with Gasteiger partial charge in [0.25, 0.3) is 0 Å². The van der Waals surface area contributed by atoms with Gasteiger partial charge in [0.1, 0.15) is 0 Å². The third kappa shape index (κ3) is 9.98. The van der Waals surface area contributed by atoms with Crippen LogP contribution in [0.1, 0.15) is 143 Å². The molecule has 4 aliphatic carbocycles. The number of nitrogens with one attached hydrogen (secondary N) is 1. The highest BCUT2D eigenvalue weighted by Gasteiger charge is 2.66. The Balaban J connectivity index is 1.46. The van der Waals surface area contributed by atoms with Crippen LogP contribution >= 0.6 is 0 Å². The molecule has 7 N–H and O–H groups in total. The molecular weight excluding hydrogens is 596 g/mol. The predicted molar refractivity (Wildman–Crippen MR) is 201 cm³/mol. The summed E-state index contributed by atoms with van der Waals surface area (Å²) in [7, 11) is 0. The maximum atomic E-state index is 7.03. The fraction of sp³-hybridized carbons (Fsp3) is 1.00. The van der Waals surface area contributed by atoms with Gasteiger partial charge in [-0.25, -0.2) is 0 Å². The van der Waals surface area contributed by atoms with E-state index in [1.54, 1.807) is 0 Å². The Kier molecular flexibility index (Phi) is 17.4. The van der Waals surface area contributed by atoms with Crippen molar-refractivity contribution in [3.63, 3.8) is 0 Å². The zero-order chi connectivity index (χ0) is 34.4. The van der Waals surface area contributed by atoms with Gasteiger partial charge in [-0.05, 0) is 157 Å². The molecule has 4 fully saturated rings. The van der Waals surface area contributed by atoms with Crippen LogP contribution in [0.15, 0.2) is 0 Å². The highest BCUT2D eigenvalue weighted by Crippen LogP contribution is 2.69. The molecule has 0 amide bonds. The minimum Gasteiger partial charge on any atom is -0.378 e. The Labute approximate surface area is 296 Å². The maximum Gasteiger partial charge on any atom is 0.0637 e. The van der Waals surface area contributed by atoms with E-state index in [4.69, 9.17) is 31.4 Å². The van der Waals surface area contributed by atoms with Gasteiger partial charge in [-0.15, -0.1) is 0 Å². The summed E-state index contributed by atoms with van der Waals surface area (Å²) in [6.45, 7) is 17.0. The summed E-state index contributed by atoms with van der Waals surface area (Å²) in [4.78, 5) is 0. The fourth-order valence-electron chi connectivity index (χ4n) is 11.5. The first-order chi connectivity index (χ1) is 23.3. The fourth-order valence-corrected chi connectivity index (χ4v) is 11.5. The summed E-state index contributed by atoms with van der Waals surface area (Å²) in [5, 5.41) is 3.77. The molecule has 0 spiro atoms. The van der Waals surface area contributed by atoms with E-state index in [-0.39, 0.29) is 5.41 Å². The summed E-state index contributed by atoms with van der Waals surface area (Å²) in [5.74, 6) is 3.92. The van der Waals surface area contributed by atoms with Gasteiger partial charge in [0.05, 0.1) is 18.3 Å². The van der Waals surface area contributed by atoms with Gasteiger partial charge in [-0.1, -0.05) is 59.8 Å². The second-order valence-electron chi connectivity index (χ2n) is 17.1. The lowest BCUT2D eigenvalue weighted by Gasteiger charge is -2.65. The molecule has 4 saturated carbocycles. The largest absolute Gasteiger partial charge is 0.378 e. The summed E-state index contributed by atoms with van der Waals surface area (Å²) >= 11 is 0. The van der Waals surface area contributed by atoms with Gasteiger partial charge in [0, 0.05) is 25.2 Å². The van der Waals surface area contributed by atoms with Gasteiger partial charge in [-0.2, -0.15) is 0 Å². The Bertz CT molecular complexity index is 879. The molecule has 48 heavy (non-hydrogen) atoms. The topological polar surface area (TPSA) is 118 Å². The molecule has 4 aliphatic rings. The van der Waals surface area contributed by atoms with Crippen LogP contribution in [0.2, 0.25) is 0 Å². The van der Waals surface area contributed by atoms with Crippen LogP contribution in [0, 0.1) is 46.3 Å². The van der Waals surface area contributed by atoms with Gasteiger partial charge in [-0.3, -0.25) is 0 Å². The number of hydrogen-bond donors (Lipinski definition) is 4. The van der Waals surface area contributed by atoms with Gasteiger partial charge >= 0.3 is 0 Å². The molecule has 0 bridgehead atoms. The lowest BCUT2D eigenvalue weighted by molar-refractivity contribution is -0.227. The highest BCUT2D eigenvalue weighted by molar-refractivity contribution is 5.15. The minimum atomic E-state index is 0.183. The van der Waals surface area contributed by atoms with Crippen LogP contribution < -0.4 is 22.5 Å². The normalized spacial score (nSPS) is 36.8. The third-order valence-corrected chi connectivity index (χ3v) is 14.2. The van der Waals surface area contributed by atoms with Crippen LogP contribution in [0.5, 0.6) is 0 Å². The second kappa shape index (κ2) is 20.7. The second-order valence-corrected chi connectivity index (χ2v) is 17.1. The van der Waals surface area contributed by atoms with E-state index < -0.39 is 0 Å². The summed E-state index contributed by atoms with van der Waals surface area (Å²) in [6, 6.07) is 0. The molecular formula is C41H80N4O3. The number of ether oxygens (including phenoxy) is 3. The first-order valence-electron chi connectivity index (χ1n) is 21.0. The molecule has 0 heterocycles. The molecule has 1 unspecified atom stereocenters. The molecule has 4 rings (SSSR count). The van der Waals surface area contributed by atoms with Crippen molar-refractivity contribution in [1.82, 2.24) is 5.32 Å². The zero-order valence-corrected chi connectivity index (χ0v) is 32.0. The molecule has 0 radical (unpaired) electrons. The van der Waals surface area contributed by atoms with Crippen molar-refractivity contribution in [2.24, 2.45) is 63.5 Å². The van der Waals surface area contributed by atoms with Gasteiger partial charge < -0.3 is 36.7 Å². The van der Waals surface area contributed by atoms with E-state index in [1.807, 2.05) is 0 Å². The molecule has 0 aromatic heterocycles. The molecule has 0 saturated heterocycles. The molecule has 0 aliphatic heterocycles. The van der Waals surface area contributed by atoms with Crippen molar-refractivity contribution in [2.45, 2.75) is 162 Å². The quantitative estimate of drug-likeness (QED) is 0.0786. The summed E-state index contributed by atoms with van der Waals surface area (Å²) < 4.78 is 20.4. The van der Waals surface area contributed by atoms with E-state index in [2.05, 4.69) is 33.0 Å². The van der Waals surface area contributed by atoms with Gasteiger partial charge in [0.2, 0.25) is 0 Å². The van der Waals surface area contributed by atoms with E-state index in [9.17, 15) is 0 Å². The first-order valence-corrected chi connectivity index (χ1v) is 21.0. The molecule has 0 aromatic rings. The van der Waals surface area contributed by atoms with Crippen molar-refractivity contribution in [2.75, 3.05) is 52.5 Å². The monoisotopic (exact) mass is 677 g/mol. The number of nitrogens with two attached hydrogens (primary N) is 3. The highest BCUT2D eigenvalue weighted by atomic mass is 16.5. The zero-order valence-electron chi connectivity index (χ0n) is 32.0. The number of fused-ring (bicyclic) bond motifs is 5. The molecule has 7 heteroatoms. The number of hydrogen-bond acceptors (Lipinski definition) is 7. The Morgan fingerprint density at radius 3 is 2.10 bits per heavy atom. The third-order valence-electron chi connectivity index (χ3n) is 14.2. The van der Waals surface area contributed by atoms with Crippen molar-refractivity contribution in [3.8, 4) is 0 Å². The summed E-state index contributed by atoms with van der Waals surface area (Å²) in [5.41, 5.74) is 18.3. The minimum absolute atomic E-state index is 0.183. The average molecular weight is 677 g/mol. The van der Waals surface area contributed by atoms with Gasteiger partial charge in [0.15, 0.2) is 0 Å². The van der Waals surface area contributed by atoms with Crippen LogP contribution in [-0.4, -0.2) is 70.9 Å².